The van der Waals surface area contributed by atoms with E-state index in [9.17, 15) is 0 Å². The van der Waals surface area contributed by atoms with Gasteiger partial charge in [-0.1, -0.05) is 6.42 Å². The average molecular weight is 210 g/mol. The van der Waals surface area contributed by atoms with Gasteiger partial charge in [-0.05, 0) is 31.9 Å². The topological polar surface area (TPSA) is 15.3 Å². The molecule has 2 heterocycles. The number of hydrazine groups is 1. The molecular formula is C11H18N2S. The van der Waals surface area contributed by atoms with Crippen LogP contribution in [0.3, 0.4) is 0 Å². The van der Waals surface area contributed by atoms with Crippen molar-refractivity contribution in [3.8, 4) is 0 Å². The van der Waals surface area contributed by atoms with Crippen molar-refractivity contribution in [3.05, 3.63) is 21.9 Å². The lowest BCUT2D eigenvalue weighted by Gasteiger charge is -2.26. The first kappa shape index (κ1) is 10.1. The molecule has 1 aliphatic rings. The largest absolute Gasteiger partial charge is 0.250 e. The number of hydrogen-bond acceptors (Lipinski definition) is 3. The predicted molar refractivity (Wildman–Crippen MR) is 61.3 cm³/mol. The Morgan fingerprint density at radius 3 is 2.71 bits per heavy atom. The fourth-order valence-electron chi connectivity index (χ4n) is 1.82. The van der Waals surface area contributed by atoms with Crippen molar-refractivity contribution in [3.63, 3.8) is 0 Å². The third kappa shape index (κ3) is 2.80. The van der Waals surface area contributed by atoms with E-state index in [4.69, 9.17) is 0 Å². The number of nitrogens with zero attached hydrogens (tertiary/aromatic N) is 1. The van der Waals surface area contributed by atoms with Gasteiger partial charge in [-0.25, -0.2) is 10.4 Å². The van der Waals surface area contributed by atoms with E-state index in [1.54, 1.807) is 0 Å². The summed E-state index contributed by atoms with van der Waals surface area (Å²) in [5.41, 5.74) is 3.49. The van der Waals surface area contributed by atoms with Crippen LogP contribution in [0.5, 0.6) is 0 Å². The zero-order chi connectivity index (χ0) is 9.80. The minimum atomic E-state index is 0.999. The predicted octanol–water partition coefficient (Wildman–Crippen LogP) is 2.55. The summed E-state index contributed by atoms with van der Waals surface area (Å²) in [6.45, 7) is 5.59. The summed E-state index contributed by atoms with van der Waals surface area (Å²) in [5, 5.41) is 2.36. The molecule has 0 atom stereocenters. The Bertz CT molecular complexity index is 277. The minimum Gasteiger partial charge on any atom is -0.250 e. The summed E-state index contributed by atoms with van der Waals surface area (Å²) in [5.74, 6) is 0. The molecule has 1 aliphatic heterocycles. The Labute approximate surface area is 89.9 Å². The van der Waals surface area contributed by atoms with Crippen LogP contribution in [-0.4, -0.2) is 18.1 Å². The van der Waals surface area contributed by atoms with E-state index in [1.165, 1.54) is 42.1 Å². The van der Waals surface area contributed by atoms with Crippen LogP contribution in [0.4, 0.5) is 0 Å². The van der Waals surface area contributed by atoms with Crippen LogP contribution in [-0.2, 0) is 6.54 Å². The van der Waals surface area contributed by atoms with Gasteiger partial charge in [0, 0.05) is 29.4 Å². The van der Waals surface area contributed by atoms with Crippen LogP contribution in [0, 0.1) is 6.92 Å². The molecule has 0 bridgehead atoms. The van der Waals surface area contributed by atoms with Crippen LogP contribution in [0.2, 0.25) is 0 Å². The minimum absolute atomic E-state index is 0.999. The van der Waals surface area contributed by atoms with E-state index in [0.29, 0.717) is 0 Å². The second kappa shape index (κ2) is 4.91. The third-order valence-corrected chi connectivity index (χ3v) is 3.63. The smallest absolute Gasteiger partial charge is 0.0447 e. The van der Waals surface area contributed by atoms with E-state index in [0.717, 1.165) is 6.54 Å². The van der Waals surface area contributed by atoms with Crippen molar-refractivity contribution in [2.24, 2.45) is 0 Å². The van der Waals surface area contributed by atoms with E-state index >= 15 is 0 Å². The number of thiophene rings is 1. The zero-order valence-electron chi connectivity index (χ0n) is 8.75. The van der Waals surface area contributed by atoms with Crippen LogP contribution < -0.4 is 5.43 Å². The highest BCUT2D eigenvalue weighted by molar-refractivity contribution is 7.11. The molecule has 14 heavy (non-hydrogen) atoms. The van der Waals surface area contributed by atoms with E-state index in [-0.39, 0.29) is 0 Å². The Morgan fingerprint density at radius 1 is 1.29 bits per heavy atom. The van der Waals surface area contributed by atoms with Crippen molar-refractivity contribution >= 4 is 11.3 Å². The first-order chi connectivity index (χ1) is 6.84. The quantitative estimate of drug-likeness (QED) is 0.825. The molecule has 1 aromatic rings. The number of aryl methyl sites for hydroxylation is 1. The average Bonchev–Trinajstić information content (AvgIpc) is 2.63. The van der Waals surface area contributed by atoms with Crippen molar-refractivity contribution in [1.82, 2.24) is 10.4 Å². The molecule has 0 amide bonds. The lowest BCUT2D eigenvalue weighted by atomic mass is 10.2. The molecule has 3 heteroatoms. The summed E-state index contributed by atoms with van der Waals surface area (Å²) in [6.07, 6.45) is 4.09. The Kier molecular flexibility index (Phi) is 3.56. The Balaban J connectivity index is 1.76. The lowest BCUT2D eigenvalue weighted by Crippen LogP contribution is -2.40. The third-order valence-electron chi connectivity index (χ3n) is 2.63. The molecule has 78 valence electrons. The molecule has 1 saturated heterocycles. The second-order valence-corrected chi connectivity index (χ2v) is 5.27. The molecule has 0 saturated carbocycles. The first-order valence-corrected chi connectivity index (χ1v) is 6.20. The van der Waals surface area contributed by atoms with E-state index < -0.39 is 0 Å². The standard InChI is InChI=1S/C11H18N2S/c1-10-5-6-11(14-10)9-12-13-7-3-2-4-8-13/h5-6,12H,2-4,7-9H2,1H3. The van der Waals surface area contributed by atoms with E-state index in [2.05, 4.69) is 29.5 Å². The van der Waals surface area contributed by atoms with Crippen molar-refractivity contribution in [1.29, 1.82) is 0 Å². The summed E-state index contributed by atoms with van der Waals surface area (Å²) in [4.78, 5) is 2.84. The summed E-state index contributed by atoms with van der Waals surface area (Å²) in [6, 6.07) is 4.41. The molecule has 0 radical (unpaired) electrons. The maximum absolute atomic E-state index is 3.49. The fraction of sp³-hybridized carbons (Fsp3) is 0.636. The van der Waals surface area contributed by atoms with Gasteiger partial charge < -0.3 is 0 Å². The van der Waals surface area contributed by atoms with Crippen LogP contribution in [0.1, 0.15) is 29.0 Å². The number of nitrogens with one attached hydrogen (secondary N) is 1. The van der Waals surface area contributed by atoms with Crippen LogP contribution >= 0.6 is 11.3 Å². The van der Waals surface area contributed by atoms with Gasteiger partial charge in [-0.3, -0.25) is 0 Å². The van der Waals surface area contributed by atoms with Gasteiger partial charge in [-0.15, -0.1) is 11.3 Å². The molecule has 2 nitrogen and oxygen atoms in total. The van der Waals surface area contributed by atoms with Crippen LogP contribution in [0.25, 0.3) is 0 Å². The number of hydrogen-bond donors (Lipinski definition) is 1. The molecule has 0 spiro atoms. The van der Waals surface area contributed by atoms with Gasteiger partial charge in [-0.2, -0.15) is 0 Å². The van der Waals surface area contributed by atoms with Crippen molar-refractivity contribution in [2.75, 3.05) is 13.1 Å². The summed E-state index contributed by atoms with van der Waals surface area (Å²) in [7, 11) is 0. The second-order valence-electron chi connectivity index (χ2n) is 3.89. The van der Waals surface area contributed by atoms with Gasteiger partial charge in [0.2, 0.25) is 0 Å². The molecule has 0 unspecified atom stereocenters. The molecule has 0 aromatic carbocycles. The van der Waals surface area contributed by atoms with Crippen molar-refractivity contribution in [2.45, 2.75) is 32.7 Å². The van der Waals surface area contributed by atoms with Gasteiger partial charge in [0.1, 0.15) is 0 Å². The Hall–Kier alpha value is -0.380. The van der Waals surface area contributed by atoms with Gasteiger partial charge in [0.25, 0.3) is 0 Å². The van der Waals surface area contributed by atoms with Gasteiger partial charge in [0.15, 0.2) is 0 Å². The van der Waals surface area contributed by atoms with Gasteiger partial charge in [0.05, 0.1) is 0 Å². The maximum Gasteiger partial charge on any atom is 0.0447 e. The SMILES string of the molecule is Cc1ccc(CNN2CCCCC2)s1. The first-order valence-electron chi connectivity index (χ1n) is 5.38. The normalized spacial score (nSPS) is 18.6. The summed E-state index contributed by atoms with van der Waals surface area (Å²) < 4.78 is 0. The molecule has 2 rings (SSSR count). The molecule has 1 aromatic heterocycles. The monoisotopic (exact) mass is 210 g/mol. The maximum atomic E-state index is 3.49. The fourth-order valence-corrected chi connectivity index (χ4v) is 2.64. The lowest BCUT2D eigenvalue weighted by molar-refractivity contribution is 0.152. The Morgan fingerprint density at radius 2 is 2.07 bits per heavy atom. The van der Waals surface area contributed by atoms with Gasteiger partial charge >= 0.3 is 0 Å². The highest BCUT2D eigenvalue weighted by Gasteiger charge is 2.09. The number of piperidine rings is 1. The molecule has 0 aliphatic carbocycles. The van der Waals surface area contributed by atoms with E-state index in [1.807, 2.05) is 11.3 Å². The van der Waals surface area contributed by atoms with Crippen LogP contribution in [0.15, 0.2) is 12.1 Å². The molecular weight excluding hydrogens is 192 g/mol. The molecule has 1 fully saturated rings. The highest BCUT2D eigenvalue weighted by Crippen LogP contribution is 2.15. The zero-order valence-corrected chi connectivity index (χ0v) is 9.57. The number of rotatable bonds is 3. The van der Waals surface area contributed by atoms with Crippen molar-refractivity contribution < 1.29 is 0 Å². The molecule has 1 N–H and O–H groups in total. The summed E-state index contributed by atoms with van der Waals surface area (Å²) >= 11 is 1.89. The highest BCUT2D eigenvalue weighted by atomic mass is 32.1.